The van der Waals surface area contributed by atoms with Crippen LogP contribution in [0.2, 0.25) is 0 Å². The Hall–Kier alpha value is -1.23. The van der Waals surface area contributed by atoms with Crippen LogP contribution in [0.5, 0.6) is 0 Å². The fourth-order valence-corrected chi connectivity index (χ4v) is 2.54. The minimum Gasteiger partial charge on any atom is -0.371 e. The van der Waals surface area contributed by atoms with Crippen molar-refractivity contribution in [1.82, 2.24) is 5.32 Å². The van der Waals surface area contributed by atoms with Gasteiger partial charge in [0.25, 0.3) is 0 Å². The Morgan fingerprint density at radius 1 is 1.21 bits per heavy atom. The molecular weight excluding hydrogens is 253 g/mol. The summed E-state index contributed by atoms with van der Waals surface area (Å²) in [7, 11) is 1.92. The molecule has 5 heteroatoms. The molecule has 1 aromatic carbocycles. The average Bonchev–Trinajstić information content (AvgIpc) is 2.38. The topological polar surface area (TPSA) is 15.3 Å². The van der Waals surface area contributed by atoms with Crippen LogP contribution >= 0.6 is 0 Å². The first kappa shape index (κ1) is 14.2. The predicted octanol–water partition coefficient (Wildman–Crippen LogP) is 3.20. The van der Waals surface area contributed by atoms with Crippen molar-refractivity contribution < 1.29 is 13.2 Å². The van der Waals surface area contributed by atoms with Gasteiger partial charge in [0, 0.05) is 24.8 Å². The summed E-state index contributed by atoms with van der Waals surface area (Å²) in [6.07, 6.45) is -2.35. The van der Waals surface area contributed by atoms with Gasteiger partial charge in [0.05, 0.1) is 5.56 Å². The summed E-state index contributed by atoms with van der Waals surface area (Å²) in [5.41, 5.74) is 0.426. The van der Waals surface area contributed by atoms with Crippen LogP contribution in [0, 0.1) is 6.92 Å². The second-order valence-corrected chi connectivity index (χ2v) is 5.05. The molecule has 0 bridgehead atoms. The van der Waals surface area contributed by atoms with Crippen LogP contribution in [0.25, 0.3) is 0 Å². The van der Waals surface area contributed by atoms with Crippen LogP contribution < -0.4 is 10.2 Å². The van der Waals surface area contributed by atoms with Crippen molar-refractivity contribution in [2.24, 2.45) is 0 Å². The summed E-state index contributed by atoms with van der Waals surface area (Å²) in [5, 5.41) is 3.21. The number of nitrogens with one attached hydrogen (secondary N) is 1. The Morgan fingerprint density at radius 3 is 2.37 bits per heavy atom. The van der Waals surface area contributed by atoms with E-state index in [1.165, 1.54) is 13.0 Å². The third kappa shape index (κ3) is 3.21. The highest BCUT2D eigenvalue weighted by Gasteiger charge is 2.33. The Morgan fingerprint density at radius 2 is 1.84 bits per heavy atom. The van der Waals surface area contributed by atoms with Crippen molar-refractivity contribution in [1.29, 1.82) is 0 Å². The molecule has 1 aliphatic rings. The van der Waals surface area contributed by atoms with E-state index in [1.54, 1.807) is 12.1 Å². The zero-order chi connectivity index (χ0) is 14.0. The third-order valence-electron chi connectivity index (χ3n) is 3.79. The highest BCUT2D eigenvalue weighted by atomic mass is 19.4. The number of piperidine rings is 1. The van der Waals surface area contributed by atoms with Gasteiger partial charge in [0.15, 0.2) is 0 Å². The van der Waals surface area contributed by atoms with E-state index >= 15 is 0 Å². The molecule has 1 fully saturated rings. The molecule has 2 rings (SSSR count). The normalized spacial score (nSPS) is 17.8. The molecule has 0 radical (unpaired) electrons. The zero-order valence-corrected chi connectivity index (χ0v) is 11.2. The maximum Gasteiger partial charge on any atom is 0.416 e. The fourth-order valence-electron chi connectivity index (χ4n) is 2.54. The predicted molar refractivity (Wildman–Crippen MR) is 70.5 cm³/mol. The maximum atomic E-state index is 12.9. The minimum absolute atomic E-state index is 0.279. The lowest BCUT2D eigenvalue weighted by Gasteiger charge is -2.34. The fraction of sp³-hybridized carbons (Fsp3) is 0.571. The van der Waals surface area contributed by atoms with Gasteiger partial charge in [-0.05, 0) is 44.5 Å². The first-order valence-electron chi connectivity index (χ1n) is 6.52. The van der Waals surface area contributed by atoms with E-state index in [1.807, 2.05) is 11.9 Å². The van der Waals surface area contributed by atoms with E-state index < -0.39 is 11.7 Å². The first-order valence-corrected chi connectivity index (χ1v) is 6.52. The largest absolute Gasteiger partial charge is 0.416 e. The van der Waals surface area contributed by atoms with Crippen molar-refractivity contribution in [3.63, 3.8) is 0 Å². The lowest BCUT2D eigenvalue weighted by molar-refractivity contribution is -0.138. The van der Waals surface area contributed by atoms with Crippen LogP contribution in [-0.2, 0) is 6.18 Å². The van der Waals surface area contributed by atoms with Gasteiger partial charge < -0.3 is 10.2 Å². The van der Waals surface area contributed by atoms with Gasteiger partial charge in [-0.3, -0.25) is 0 Å². The quantitative estimate of drug-likeness (QED) is 0.889. The molecule has 1 aromatic rings. The molecule has 2 nitrogen and oxygen atoms in total. The number of rotatable bonds is 2. The Bertz CT molecular complexity index is 435. The number of halogens is 3. The van der Waals surface area contributed by atoms with Crippen molar-refractivity contribution in [2.75, 3.05) is 25.0 Å². The van der Waals surface area contributed by atoms with Gasteiger partial charge in [-0.1, -0.05) is 6.07 Å². The molecule has 19 heavy (non-hydrogen) atoms. The smallest absolute Gasteiger partial charge is 0.371 e. The van der Waals surface area contributed by atoms with Crippen molar-refractivity contribution >= 4 is 5.69 Å². The molecule has 0 spiro atoms. The van der Waals surface area contributed by atoms with E-state index in [9.17, 15) is 13.2 Å². The van der Waals surface area contributed by atoms with E-state index in [2.05, 4.69) is 5.32 Å². The first-order chi connectivity index (χ1) is 8.91. The lowest BCUT2D eigenvalue weighted by atomic mass is 10.0. The second kappa shape index (κ2) is 5.41. The SMILES string of the molecule is CNC1CCN(c2ccc(C)c(C(F)(F)F)c2)CC1. The molecule has 106 valence electrons. The zero-order valence-electron chi connectivity index (χ0n) is 11.2. The van der Waals surface area contributed by atoms with Crippen LogP contribution in [0.1, 0.15) is 24.0 Å². The Labute approximate surface area is 111 Å². The van der Waals surface area contributed by atoms with Crippen LogP contribution in [0.3, 0.4) is 0 Å². The van der Waals surface area contributed by atoms with Gasteiger partial charge in [0.1, 0.15) is 0 Å². The van der Waals surface area contributed by atoms with Gasteiger partial charge >= 0.3 is 6.18 Å². The highest BCUT2D eigenvalue weighted by Crippen LogP contribution is 2.34. The van der Waals surface area contributed by atoms with Gasteiger partial charge in [-0.25, -0.2) is 0 Å². The van der Waals surface area contributed by atoms with Crippen LogP contribution in [0.15, 0.2) is 18.2 Å². The van der Waals surface area contributed by atoms with E-state index in [4.69, 9.17) is 0 Å². The van der Waals surface area contributed by atoms with E-state index in [0.29, 0.717) is 11.7 Å². The summed E-state index contributed by atoms with van der Waals surface area (Å²) >= 11 is 0. The standard InChI is InChI=1S/C14H19F3N2/c1-10-3-4-12(9-13(10)14(15,16)17)19-7-5-11(18-2)6-8-19/h3-4,9,11,18H,5-8H2,1-2H3. The number of hydrogen-bond donors (Lipinski definition) is 1. The van der Waals surface area contributed by atoms with Crippen molar-refractivity contribution in [3.8, 4) is 0 Å². The van der Waals surface area contributed by atoms with Gasteiger partial charge in [0.2, 0.25) is 0 Å². The molecule has 0 atom stereocenters. The molecule has 1 N–H and O–H groups in total. The molecule has 0 saturated carbocycles. The Balaban J connectivity index is 2.18. The number of alkyl halides is 3. The summed E-state index contributed by atoms with van der Waals surface area (Å²) < 4.78 is 38.7. The second-order valence-electron chi connectivity index (χ2n) is 5.05. The number of nitrogens with zero attached hydrogens (tertiary/aromatic N) is 1. The van der Waals surface area contributed by atoms with E-state index in [0.717, 1.165) is 25.9 Å². The minimum atomic E-state index is -4.27. The van der Waals surface area contributed by atoms with Gasteiger partial charge in [-0.2, -0.15) is 13.2 Å². The molecule has 0 aromatic heterocycles. The number of hydrogen-bond acceptors (Lipinski definition) is 2. The Kier molecular flexibility index (Phi) is 4.04. The summed E-state index contributed by atoms with van der Waals surface area (Å²) in [6.45, 7) is 3.09. The average molecular weight is 272 g/mol. The third-order valence-corrected chi connectivity index (χ3v) is 3.79. The van der Waals surface area contributed by atoms with Crippen LogP contribution in [0.4, 0.5) is 18.9 Å². The maximum absolute atomic E-state index is 12.9. The van der Waals surface area contributed by atoms with Crippen molar-refractivity contribution in [2.45, 2.75) is 32.0 Å². The molecular formula is C14H19F3N2. The van der Waals surface area contributed by atoms with Gasteiger partial charge in [-0.15, -0.1) is 0 Å². The summed E-state index contributed by atoms with van der Waals surface area (Å²) in [5.74, 6) is 0. The monoisotopic (exact) mass is 272 g/mol. The molecule has 0 aliphatic carbocycles. The highest BCUT2D eigenvalue weighted by molar-refractivity contribution is 5.52. The molecule has 1 heterocycles. The molecule has 1 saturated heterocycles. The molecule has 0 amide bonds. The molecule has 1 aliphatic heterocycles. The molecule has 0 unspecified atom stereocenters. The number of anilines is 1. The number of aryl methyl sites for hydroxylation is 1. The lowest BCUT2D eigenvalue weighted by Crippen LogP contribution is -2.41. The summed E-state index contributed by atoms with van der Waals surface area (Å²) in [4.78, 5) is 2.03. The number of benzene rings is 1. The van der Waals surface area contributed by atoms with Crippen LogP contribution in [-0.4, -0.2) is 26.2 Å². The van der Waals surface area contributed by atoms with Crippen molar-refractivity contribution in [3.05, 3.63) is 29.3 Å². The van der Waals surface area contributed by atoms with E-state index in [-0.39, 0.29) is 5.56 Å². The summed E-state index contributed by atoms with van der Waals surface area (Å²) in [6, 6.07) is 5.09.